The van der Waals surface area contributed by atoms with E-state index in [0.29, 0.717) is 6.42 Å². The van der Waals surface area contributed by atoms with Crippen LogP contribution in [0.15, 0.2) is 24.5 Å². The van der Waals surface area contributed by atoms with Crippen molar-refractivity contribution in [2.24, 2.45) is 5.92 Å². The third-order valence-electron chi connectivity index (χ3n) is 4.24. The van der Waals surface area contributed by atoms with Crippen LogP contribution in [0.4, 0.5) is 0 Å². The van der Waals surface area contributed by atoms with Gasteiger partial charge in [-0.25, -0.2) is 0 Å². The predicted molar refractivity (Wildman–Crippen MR) is 90.3 cm³/mol. The van der Waals surface area contributed by atoms with Crippen molar-refractivity contribution in [3.8, 4) is 0 Å². The van der Waals surface area contributed by atoms with Crippen LogP contribution in [-0.2, 0) is 24.2 Å². The topological polar surface area (TPSA) is 84.7 Å². The van der Waals surface area contributed by atoms with E-state index in [4.69, 9.17) is 0 Å². The van der Waals surface area contributed by atoms with Crippen molar-refractivity contribution in [1.82, 2.24) is 30.4 Å². The Morgan fingerprint density at radius 3 is 3.00 bits per heavy atom. The van der Waals surface area contributed by atoms with Gasteiger partial charge in [-0.2, -0.15) is 0 Å². The molecule has 128 valence electrons. The Labute approximate surface area is 141 Å². The highest BCUT2D eigenvalue weighted by molar-refractivity contribution is 5.78. The molecule has 24 heavy (non-hydrogen) atoms. The molecule has 0 aromatic carbocycles. The fraction of sp³-hybridized carbons (Fsp3) is 0.529. The molecule has 0 aliphatic carbocycles. The molecule has 3 rings (SSSR count). The number of nitrogens with zero attached hydrogens (tertiary/aromatic N) is 4. The van der Waals surface area contributed by atoms with Crippen LogP contribution in [0.5, 0.6) is 0 Å². The lowest BCUT2D eigenvalue weighted by Gasteiger charge is -2.22. The molecule has 3 heterocycles. The zero-order valence-electron chi connectivity index (χ0n) is 14.2. The SMILES string of the molecule is CC(C)[C@@H](NC(=O)Cc1cccnc1)c1nnc2n1CCNCC2. The summed E-state index contributed by atoms with van der Waals surface area (Å²) in [5, 5.41) is 15.2. The van der Waals surface area contributed by atoms with E-state index >= 15 is 0 Å². The maximum Gasteiger partial charge on any atom is 0.225 e. The summed E-state index contributed by atoms with van der Waals surface area (Å²) in [6.45, 7) is 6.82. The molecule has 0 saturated carbocycles. The second-order valence-electron chi connectivity index (χ2n) is 6.45. The number of carbonyl (C=O) groups excluding carboxylic acids is 1. The highest BCUT2D eigenvalue weighted by Gasteiger charge is 2.26. The Bertz CT molecular complexity index is 682. The van der Waals surface area contributed by atoms with Crippen molar-refractivity contribution in [3.05, 3.63) is 41.7 Å². The average Bonchev–Trinajstić information content (AvgIpc) is 2.81. The number of fused-ring (bicyclic) bond motifs is 1. The third-order valence-corrected chi connectivity index (χ3v) is 4.24. The number of nitrogens with one attached hydrogen (secondary N) is 2. The second kappa shape index (κ2) is 7.53. The molecule has 0 bridgehead atoms. The van der Waals surface area contributed by atoms with Gasteiger partial charge in [0.25, 0.3) is 0 Å². The van der Waals surface area contributed by atoms with Crippen LogP contribution in [0.1, 0.15) is 37.1 Å². The van der Waals surface area contributed by atoms with E-state index in [1.165, 1.54) is 0 Å². The maximum absolute atomic E-state index is 12.4. The second-order valence-corrected chi connectivity index (χ2v) is 6.45. The lowest BCUT2D eigenvalue weighted by atomic mass is 10.0. The van der Waals surface area contributed by atoms with Gasteiger partial charge in [-0.15, -0.1) is 10.2 Å². The predicted octanol–water partition coefficient (Wildman–Crippen LogP) is 0.875. The van der Waals surface area contributed by atoms with Crippen LogP contribution in [0, 0.1) is 5.92 Å². The van der Waals surface area contributed by atoms with Crippen LogP contribution in [0.3, 0.4) is 0 Å². The molecular weight excluding hydrogens is 304 g/mol. The van der Waals surface area contributed by atoms with Gasteiger partial charge in [-0.05, 0) is 17.5 Å². The highest BCUT2D eigenvalue weighted by Crippen LogP contribution is 2.22. The summed E-state index contributed by atoms with van der Waals surface area (Å²) in [7, 11) is 0. The lowest BCUT2D eigenvalue weighted by molar-refractivity contribution is -0.121. The molecule has 0 spiro atoms. The van der Waals surface area contributed by atoms with Crippen molar-refractivity contribution in [1.29, 1.82) is 0 Å². The smallest absolute Gasteiger partial charge is 0.225 e. The van der Waals surface area contributed by atoms with Gasteiger partial charge in [0, 0.05) is 38.4 Å². The first-order valence-electron chi connectivity index (χ1n) is 8.46. The first kappa shape index (κ1) is 16.6. The summed E-state index contributed by atoms with van der Waals surface area (Å²) in [6.07, 6.45) is 4.61. The maximum atomic E-state index is 12.4. The number of amides is 1. The summed E-state index contributed by atoms with van der Waals surface area (Å²) >= 11 is 0. The molecule has 2 N–H and O–H groups in total. The highest BCUT2D eigenvalue weighted by atomic mass is 16.1. The minimum atomic E-state index is -0.145. The van der Waals surface area contributed by atoms with Crippen LogP contribution in [0.2, 0.25) is 0 Å². The van der Waals surface area contributed by atoms with E-state index in [2.05, 4.69) is 44.2 Å². The van der Waals surface area contributed by atoms with Crippen LogP contribution >= 0.6 is 0 Å². The van der Waals surface area contributed by atoms with Crippen molar-refractivity contribution < 1.29 is 4.79 Å². The van der Waals surface area contributed by atoms with Gasteiger partial charge >= 0.3 is 0 Å². The van der Waals surface area contributed by atoms with Gasteiger partial charge in [0.15, 0.2) is 5.82 Å². The normalized spacial score (nSPS) is 15.6. The Hall–Kier alpha value is -2.28. The summed E-state index contributed by atoms with van der Waals surface area (Å²) in [5.74, 6) is 2.04. The van der Waals surface area contributed by atoms with Crippen molar-refractivity contribution in [2.75, 3.05) is 13.1 Å². The van der Waals surface area contributed by atoms with E-state index < -0.39 is 0 Å². The first-order valence-corrected chi connectivity index (χ1v) is 8.46. The van der Waals surface area contributed by atoms with Crippen LogP contribution in [-0.4, -0.2) is 38.7 Å². The quantitative estimate of drug-likeness (QED) is 0.851. The molecule has 0 unspecified atom stereocenters. The van der Waals surface area contributed by atoms with E-state index in [1.807, 2.05) is 12.1 Å². The summed E-state index contributed by atoms with van der Waals surface area (Å²) < 4.78 is 2.15. The van der Waals surface area contributed by atoms with Gasteiger partial charge in [-0.1, -0.05) is 19.9 Å². The molecule has 0 saturated heterocycles. The molecule has 0 fully saturated rings. The first-order chi connectivity index (χ1) is 11.6. The summed E-state index contributed by atoms with van der Waals surface area (Å²) in [6, 6.07) is 3.60. The van der Waals surface area contributed by atoms with Crippen molar-refractivity contribution in [2.45, 2.75) is 39.3 Å². The van der Waals surface area contributed by atoms with Crippen LogP contribution < -0.4 is 10.6 Å². The third kappa shape index (κ3) is 3.79. The van der Waals surface area contributed by atoms with E-state index in [1.54, 1.807) is 12.4 Å². The van der Waals surface area contributed by atoms with Crippen molar-refractivity contribution >= 4 is 5.91 Å². The monoisotopic (exact) mass is 328 g/mol. The molecule has 1 aliphatic rings. The Kier molecular flexibility index (Phi) is 5.20. The molecule has 2 aromatic heterocycles. The fourth-order valence-electron chi connectivity index (χ4n) is 2.97. The summed E-state index contributed by atoms with van der Waals surface area (Å²) in [4.78, 5) is 16.5. The number of aromatic nitrogens is 4. The number of pyridine rings is 1. The zero-order chi connectivity index (χ0) is 16.9. The number of carbonyl (C=O) groups is 1. The molecule has 1 aliphatic heterocycles. The molecule has 2 aromatic rings. The molecule has 1 amide bonds. The molecule has 7 heteroatoms. The number of hydrogen-bond acceptors (Lipinski definition) is 5. The molecule has 0 radical (unpaired) electrons. The average molecular weight is 328 g/mol. The molecular formula is C17H24N6O. The van der Waals surface area contributed by atoms with Gasteiger partial charge in [0.2, 0.25) is 5.91 Å². The van der Waals surface area contributed by atoms with E-state index in [0.717, 1.165) is 43.3 Å². The Morgan fingerprint density at radius 2 is 2.25 bits per heavy atom. The number of rotatable bonds is 5. The Balaban J connectivity index is 1.76. The Morgan fingerprint density at radius 1 is 1.38 bits per heavy atom. The van der Waals surface area contributed by atoms with E-state index in [9.17, 15) is 4.79 Å². The fourth-order valence-corrected chi connectivity index (χ4v) is 2.97. The number of hydrogen-bond donors (Lipinski definition) is 2. The minimum Gasteiger partial charge on any atom is -0.346 e. The van der Waals surface area contributed by atoms with Gasteiger partial charge in [0.1, 0.15) is 5.82 Å². The van der Waals surface area contributed by atoms with Crippen LogP contribution in [0.25, 0.3) is 0 Å². The van der Waals surface area contributed by atoms with E-state index in [-0.39, 0.29) is 17.9 Å². The molecule has 7 nitrogen and oxygen atoms in total. The molecule has 1 atom stereocenters. The van der Waals surface area contributed by atoms with Crippen molar-refractivity contribution in [3.63, 3.8) is 0 Å². The zero-order valence-corrected chi connectivity index (χ0v) is 14.2. The standard InChI is InChI=1S/C17H24N6O/c1-12(2)16(20-15(24)10-13-4-3-6-19-11-13)17-22-21-14-5-7-18-8-9-23(14)17/h3-4,6,11-12,16,18H,5,7-10H2,1-2H3,(H,20,24)/t16-/m1/s1. The lowest BCUT2D eigenvalue weighted by Crippen LogP contribution is -2.35. The van der Waals surface area contributed by atoms with Gasteiger partial charge < -0.3 is 15.2 Å². The van der Waals surface area contributed by atoms with Gasteiger partial charge in [-0.3, -0.25) is 9.78 Å². The van der Waals surface area contributed by atoms with Gasteiger partial charge in [0.05, 0.1) is 12.5 Å². The largest absolute Gasteiger partial charge is 0.346 e. The minimum absolute atomic E-state index is 0.0224. The summed E-state index contributed by atoms with van der Waals surface area (Å²) in [5.41, 5.74) is 0.904.